The molecule has 0 radical (unpaired) electrons. The normalized spacial score (nSPS) is 9.35. The van der Waals surface area contributed by atoms with Gasteiger partial charge in [0, 0.05) is 5.56 Å². The Morgan fingerprint density at radius 1 is 0.750 bits per heavy atom. The molecule has 1 N–H and O–H groups in total. The average molecular weight is 270 g/mol. The van der Waals surface area contributed by atoms with E-state index in [0.29, 0.717) is 5.56 Å². The molecule has 0 aromatic heterocycles. The summed E-state index contributed by atoms with van der Waals surface area (Å²) in [5.74, 6) is -0.906. The zero-order chi connectivity index (χ0) is 15.1. The Morgan fingerprint density at radius 2 is 1.10 bits per heavy atom. The monoisotopic (exact) mass is 270 g/mol. The second-order valence-electron chi connectivity index (χ2n) is 4.02. The van der Waals surface area contributed by atoms with Crippen LogP contribution in [-0.2, 0) is 0 Å². The van der Waals surface area contributed by atoms with Crippen LogP contribution in [0.3, 0.4) is 0 Å². The highest BCUT2D eigenvalue weighted by Gasteiger charge is 2.04. The second kappa shape index (κ2) is 7.24. The molecule has 0 heterocycles. The molecular weight excluding hydrogens is 252 g/mol. The molecule has 2 aromatic carbocycles. The van der Waals surface area contributed by atoms with Crippen molar-refractivity contribution >= 4 is 11.8 Å². The number of hydrogen-bond donors (Lipinski definition) is 1. The van der Waals surface area contributed by atoms with Crippen molar-refractivity contribution in [2.24, 2.45) is 0 Å². The van der Waals surface area contributed by atoms with Gasteiger partial charge in [0.1, 0.15) is 0 Å². The molecule has 0 aliphatic carbocycles. The Kier molecular flexibility index (Phi) is 5.66. The van der Waals surface area contributed by atoms with Gasteiger partial charge in [-0.1, -0.05) is 50.2 Å². The lowest BCUT2D eigenvalue weighted by molar-refractivity contribution is 0.0696. The molecule has 0 aliphatic rings. The summed E-state index contributed by atoms with van der Waals surface area (Å²) >= 11 is 0. The van der Waals surface area contributed by atoms with Crippen LogP contribution in [0.1, 0.15) is 41.5 Å². The average Bonchev–Trinajstić information content (AvgIpc) is 2.49. The van der Waals surface area contributed by atoms with Gasteiger partial charge in [0.05, 0.1) is 5.56 Å². The van der Waals surface area contributed by atoms with E-state index < -0.39 is 5.97 Å². The minimum absolute atomic E-state index is 0.0303. The van der Waals surface area contributed by atoms with Crippen molar-refractivity contribution in [3.8, 4) is 11.1 Å². The lowest BCUT2D eigenvalue weighted by Crippen LogP contribution is -1.95. The lowest BCUT2D eigenvalue weighted by Gasteiger charge is -2.03. The SMILES string of the molecule is CC.CC(=O)c1ccc(-c2ccc(C(=O)O)cc2)cc1. The van der Waals surface area contributed by atoms with Gasteiger partial charge in [-0.3, -0.25) is 4.79 Å². The fourth-order valence-corrected chi connectivity index (χ4v) is 1.70. The fraction of sp³-hybridized carbons (Fsp3) is 0.176. The molecule has 0 bridgehead atoms. The number of carboxylic acid groups (broad SMARTS) is 1. The van der Waals surface area contributed by atoms with Crippen LogP contribution in [0, 0.1) is 0 Å². The summed E-state index contributed by atoms with van der Waals surface area (Å²) in [5.41, 5.74) is 2.81. The summed E-state index contributed by atoms with van der Waals surface area (Å²) in [6.45, 7) is 5.52. The minimum atomic E-state index is -0.937. The summed E-state index contributed by atoms with van der Waals surface area (Å²) < 4.78 is 0. The molecule has 2 aromatic rings. The van der Waals surface area contributed by atoms with Gasteiger partial charge in [0.15, 0.2) is 5.78 Å². The van der Waals surface area contributed by atoms with Crippen molar-refractivity contribution in [2.75, 3.05) is 0 Å². The van der Waals surface area contributed by atoms with Crippen LogP contribution >= 0.6 is 0 Å². The Bertz CT molecular complexity index is 525. The molecule has 0 aliphatic heterocycles. The minimum Gasteiger partial charge on any atom is -0.478 e. The summed E-state index contributed by atoms with van der Waals surface area (Å²) in [5, 5.41) is 8.81. The highest BCUT2D eigenvalue weighted by Crippen LogP contribution is 2.20. The molecule has 20 heavy (non-hydrogen) atoms. The van der Waals surface area contributed by atoms with Crippen LogP contribution in [0.4, 0.5) is 0 Å². The fourth-order valence-electron chi connectivity index (χ4n) is 1.70. The van der Waals surface area contributed by atoms with Gasteiger partial charge in [-0.25, -0.2) is 4.79 Å². The lowest BCUT2D eigenvalue weighted by atomic mass is 10.0. The number of Topliss-reactive ketones (excluding diaryl/α,β-unsaturated/α-hetero) is 1. The molecule has 0 saturated heterocycles. The molecule has 0 saturated carbocycles. The van der Waals surface area contributed by atoms with Crippen molar-refractivity contribution in [2.45, 2.75) is 20.8 Å². The molecule has 3 heteroatoms. The van der Waals surface area contributed by atoms with Gasteiger partial charge in [0.25, 0.3) is 0 Å². The second-order valence-corrected chi connectivity index (χ2v) is 4.02. The van der Waals surface area contributed by atoms with E-state index in [-0.39, 0.29) is 11.3 Å². The quantitative estimate of drug-likeness (QED) is 0.847. The molecule has 0 atom stereocenters. The predicted octanol–water partition coefficient (Wildman–Crippen LogP) is 4.28. The number of hydrogen-bond acceptors (Lipinski definition) is 2. The van der Waals surface area contributed by atoms with Crippen LogP contribution in [0.5, 0.6) is 0 Å². The van der Waals surface area contributed by atoms with E-state index >= 15 is 0 Å². The molecule has 104 valence electrons. The number of ketones is 1. The largest absolute Gasteiger partial charge is 0.478 e. The topological polar surface area (TPSA) is 54.4 Å². The number of rotatable bonds is 3. The van der Waals surface area contributed by atoms with E-state index in [1.54, 1.807) is 36.4 Å². The Morgan fingerprint density at radius 3 is 1.40 bits per heavy atom. The van der Waals surface area contributed by atoms with Crippen LogP contribution in [-0.4, -0.2) is 16.9 Å². The van der Waals surface area contributed by atoms with Crippen LogP contribution in [0.2, 0.25) is 0 Å². The first-order chi connectivity index (χ1) is 9.58. The zero-order valence-electron chi connectivity index (χ0n) is 11.9. The molecular formula is C17H18O3. The molecule has 2 rings (SSSR count). The number of carbonyl (C=O) groups excluding carboxylic acids is 1. The van der Waals surface area contributed by atoms with Gasteiger partial charge in [0.2, 0.25) is 0 Å². The predicted molar refractivity (Wildman–Crippen MR) is 80.2 cm³/mol. The highest BCUT2D eigenvalue weighted by atomic mass is 16.4. The Hall–Kier alpha value is -2.42. The first kappa shape index (κ1) is 15.6. The maximum Gasteiger partial charge on any atom is 0.335 e. The molecule has 0 fully saturated rings. The van der Waals surface area contributed by atoms with Crippen molar-refractivity contribution in [3.05, 3.63) is 59.7 Å². The van der Waals surface area contributed by atoms with Crippen LogP contribution in [0.25, 0.3) is 11.1 Å². The third-order valence-corrected chi connectivity index (χ3v) is 2.76. The van der Waals surface area contributed by atoms with E-state index in [4.69, 9.17) is 5.11 Å². The number of carboxylic acids is 1. The van der Waals surface area contributed by atoms with E-state index in [2.05, 4.69) is 0 Å². The first-order valence-electron chi connectivity index (χ1n) is 6.52. The van der Waals surface area contributed by atoms with E-state index in [0.717, 1.165) is 11.1 Å². The van der Waals surface area contributed by atoms with Crippen molar-refractivity contribution in [1.82, 2.24) is 0 Å². The summed E-state index contributed by atoms with van der Waals surface area (Å²) in [6, 6.07) is 13.9. The third-order valence-electron chi connectivity index (χ3n) is 2.76. The van der Waals surface area contributed by atoms with Gasteiger partial charge in [-0.2, -0.15) is 0 Å². The molecule has 3 nitrogen and oxygen atoms in total. The van der Waals surface area contributed by atoms with Crippen molar-refractivity contribution in [1.29, 1.82) is 0 Å². The smallest absolute Gasteiger partial charge is 0.335 e. The number of aromatic carboxylic acids is 1. The van der Waals surface area contributed by atoms with Gasteiger partial charge < -0.3 is 5.11 Å². The first-order valence-corrected chi connectivity index (χ1v) is 6.52. The van der Waals surface area contributed by atoms with Crippen molar-refractivity contribution < 1.29 is 14.7 Å². The van der Waals surface area contributed by atoms with Gasteiger partial charge in [-0.05, 0) is 30.2 Å². The number of benzene rings is 2. The van der Waals surface area contributed by atoms with E-state index in [1.807, 2.05) is 26.0 Å². The molecule has 0 spiro atoms. The summed E-state index contributed by atoms with van der Waals surface area (Å²) in [6.07, 6.45) is 0. The standard InChI is InChI=1S/C15H12O3.C2H6/c1-10(16)11-2-4-12(5-3-11)13-6-8-14(9-7-13)15(17)18;1-2/h2-9H,1H3,(H,17,18);1-2H3. The van der Waals surface area contributed by atoms with Crippen molar-refractivity contribution in [3.63, 3.8) is 0 Å². The summed E-state index contributed by atoms with van der Waals surface area (Å²) in [7, 11) is 0. The van der Waals surface area contributed by atoms with E-state index in [1.165, 1.54) is 6.92 Å². The Balaban J connectivity index is 0.000000956. The highest BCUT2D eigenvalue weighted by molar-refractivity contribution is 5.94. The van der Waals surface area contributed by atoms with Gasteiger partial charge >= 0.3 is 5.97 Å². The maximum absolute atomic E-state index is 11.1. The van der Waals surface area contributed by atoms with Crippen LogP contribution in [0.15, 0.2) is 48.5 Å². The van der Waals surface area contributed by atoms with Crippen LogP contribution < -0.4 is 0 Å². The maximum atomic E-state index is 11.1. The number of carbonyl (C=O) groups is 2. The summed E-state index contributed by atoms with van der Waals surface area (Å²) in [4.78, 5) is 21.9. The zero-order valence-corrected chi connectivity index (χ0v) is 11.9. The molecule has 0 amide bonds. The molecule has 0 unspecified atom stereocenters. The van der Waals surface area contributed by atoms with Gasteiger partial charge in [-0.15, -0.1) is 0 Å². The van der Waals surface area contributed by atoms with E-state index in [9.17, 15) is 9.59 Å². The Labute approximate surface area is 118 Å². The third kappa shape index (κ3) is 3.79.